The van der Waals surface area contributed by atoms with Crippen molar-refractivity contribution in [2.45, 2.75) is 11.9 Å². The number of ether oxygens (including phenoxy) is 1. The topological polar surface area (TPSA) is 81.2 Å². The fraction of sp³-hybridized carbons (Fsp3) is 0.167. The van der Waals surface area contributed by atoms with Crippen molar-refractivity contribution in [1.29, 1.82) is 0 Å². The SMILES string of the molecule is COc1ccc(NS(=O)(=O)c2ncccc2C)cn1. The molecule has 2 aromatic rings. The number of nitrogens with zero attached hydrogens (tertiary/aromatic N) is 2. The number of rotatable bonds is 4. The van der Waals surface area contributed by atoms with E-state index < -0.39 is 10.0 Å². The van der Waals surface area contributed by atoms with E-state index in [1.807, 2.05) is 0 Å². The zero-order valence-corrected chi connectivity index (χ0v) is 11.3. The first kappa shape index (κ1) is 13.3. The van der Waals surface area contributed by atoms with Crippen LogP contribution in [0, 0.1) is 6.92 Å². The highest BCUT2D eigenvalue weighted by atomic mass is 32.2. The van der Waals surface area contributed by atoms with E-state index in [0.29, 0.717) is 17.1 Å². The molecule has 0 bridgehead atoms. The van der Waals surface area contributed by atoms with E-state index in [-0.39, 0.29) is 5.03 Å². The Labute approximate surface area is 111 Å². The molecule has 0 saturated carbocycles. The number of nitrogens with one attached hydrogen (secondary N) is 1. The third kappa shape index (κ3) is 3.00. The number of aryl methyl sites for hydroxylation is 1. The van der Waals surface area contributed by atoms with Crippen LogP contribution in [0.2, 0.25) is 0 Å². The van der Waals surface area contributed by atoms with Crippen LogP contribution in [0.4, 0.5) is 5.69 Å². The van der Waals surface area contributed by atoms with Crippen LogP contribution in [0.5, 0.6) is 5.88 Å². The van der Waals surface area contributed by atoms with Gasteiger partial charge in [-0.3, -0.25) is 4.72 Å². The van der Waals surface area contributed by atoms with Crippen molar-refractivity contribution < 1.29 is 13.2 Å². The molecule has 0 aliphatic rings. The van der Waals surface area contributed by atoms with E-state index in [9.17, 15) is 8.42 Å². The highest BCUT2D eigenvalue weighted by Crippen LogP contribution is 2.17. The summed E-state index contributed by atoms with van der Waals surface area (Å²) in [6.45, 7) is 1.69. The van der Waals surface area contributed by atoms with Gasteiger partial charge < -0.3 is 4.74 Å². The van der Waals surface area contributed by atoms with E-state index in [2.05, 4.69) is 14.7 Å². The molecule has 0 atom stereocenters. The molecule has 0 aliphatic heterocycles. The largest absolute Gasteiger partial charge is 0.481 e. The quantitative estimate of drug-likeness (QED) is 0.919. The first-order valence-corrected chi connectivity index (χ1v) is 6.96. The Morgan fingerprint density at radius 1 is 1.21 bits per heavy atom. The zero-order chi connectivity index (χ0) is 13.9. The summed E-state index contributed by atoms with van der Waals surface area (Å²) in [5.74, 6) is 0.414. The van der Waals surface area contributed by atoms with E-state index in [1.54, 1.807) is 31.2 Å². The monoisotopic (exact) mass is 279 g/mol. The molecule has 2 heterocycles. The normalized spacial score (nSPS) is 11.1. The smallest absolute Gasteiger partial charge is 0.279 e. The second-order valence-electron chi connectivity index (χ2n) is 3.82. The molecular formula is C12H13N3O3S. The summed E-state index contributed by atoms with van der Waals surface area (Å²) >= 11 is 0. The van der Waals surface area contributed by atoms with Gasteiger partial charge in [-0.1, -0.05) is 6.07 Å². The van der Waals surface area contributed by atoms with Crippen LogP contribution in [0.25, 0.3) is 0 Å². The number of hydrogen-bond donors (Lipinski definition) is 1. The molecule has 0 aromatic carbocycles. The van der Waals surface area contributed by atoms with Gasteiger partial charge in [0.05, 0.1) is 19.0 Å². The van der Waals surface area contributed by atoms with Gasteiger partial charge >= 0.3 is 0 Å². The van der Waals surface area contributed by atoms with E-state index >= 15 is 0 Å². The first-order valence-electron chi connectivity index (χ1n) is 5.47. The third-order valence-corrected chi connectivity index (χ3v) is 3.85. The summed E-state index contributed by atoms with van der Waals surface area (Å²) in [5, 5.41) is 0.00539. The molecule has 2 aromatic heterocycles. The maximum Gasteiger partial charge on any atom is 0.279 e. The van der Waals surface area contributed by atoms with E-state index in [4.69, 9.17) is 4.74 Å². The van der Waals surface area contributed by atoms with Crippen LogP contribution in [0.3, 0.4) is 0 Å². The number of pyridine rings is 2. The second kappa shape index (κ2) is 5.23. The van der Waals surface area contributed by atoms with Crippen molar-refractivity contribution in [2.24, 2.45) is 0 Å². The average Bonchev–Trinajstić information content (AvgIpc) is 2.39. The van der Waals surface area contributed by atoms with Crippen molar-refractivity contribution in [3.05, 3.63) is 42.2 Å². The van der Waals surface area contributed by atoms with Gasteiger partial charge in [0.15, 0.2) is 5.03 Å². The van der Waals surface area contributed by atoms with Gasteiger partial charge in [-0.25, -0.2) is 9.97 Å². The van der Waals surface area contributed by atoms with Gasteiger partial charge in [0.2, 0.25) is 5.88 Å². The molecule has 1 N–H and O–H groups in total. The molecule has 2 rings (SSSR count). The molecule has 0 spiro atoms. The summed E-state index contributed by atoms with van der Waals surface area (Å²) < 4.78 is 31.6. The third-order valence-electron chi connectivity index (χ3n) is 2.41. The molecule has 6 nitrogen and oxygen atoms in total. The first-order chi connectivity index (χ1) is 9.03. The van der Waals surface area contributed by atoms with Gasteiger partial charge in [0.25, 0.3) is 10.0 Å². The lowest BCUT2D eigenvalue weighted by Gasteiger charge is -2.09. The zero-order valence-electron chi connectivity index (χ0n) is 10.5. The maximum atomic E-state index is 12.1. The maximum absolute atomic E-state index is 12.1. The number of sulfonamides is 1. The Bertz CT molecular complexity index is 669. The fourth-order valence-corrected chi connectivity index (χ4v) is 2.74. The summed E-state index contributed by atoms with van der Waals surface area (Å²) in [7, 11) is -2.22. The Hall–Kier alpha value is -2.15. The molecule has 7 heteroatoms. The average molecular weight is 279 g/mol. The summed E-state index contributed by atoms with van der Waals surface area (Å²) in [6, 6.07) is 6.52. The number of methoxy groups -OCH3 is 1. The fourth-order valence-electron chi connectivity index (χ4n) is 1.52. The number of hydrogen-bond acceptors (Lipinski definition) is 5. The Balaban J connectivity index is 2.28. The highest BCUT2D eigenvalue weighted by Gasteiger charge is 2.18. The molecule has 19 heavy (non-hydrogen) atoms. The van der Waals surface area contributed by atoms with Crippen LogP contribution in [-0.4, -0.2) is 25.5 Å². The molecule has 0 fully saturated rings. The van der Waals surface area contributed by atoms with E-state index in [0.717, 1.165) is 0 Å². The van der Waals surface area contributed by atoms with Gasteiger partial charge in [-0.15, -0.1) is 0 Å². The van der Waals surface area contributed by atoms with Crippen molar-refractivity contribution in [3.63, 3.8) is 0 Å². The van der Waals surface area contributed by atoms with Crippen molar-refractivity contribution in [1.82, 2.24) is 9.97 Å². The van der Waals surface area contributed by atoms with Gasteiger partial charge in [-0.05, 0) is 24.6 Å². The van der Waals surface area contributed by atoms with Crippen LogP contribution in [0.15, 0.2) is 41.7 Å². The molecule has 0 aliphatic carbocycles. The van der Waals surface area contributed by atoms with Crippen LogP contribution in [0.1, 0.15) is 5.56 Å². The highest BCUT2D eigenvalue weighted by molar-refractivity contribution is 7.92. The lowest BCUT2D eigenvalue weighted by molar-refractivity contribution is 0.398. The lowest BCUT2D eigenvalue weighted by atomic mass is 10.3. The summed E-state index contributed by atoms with van der Waals surface area (Å²) in [6.07, 6.45) is 2.82. The minimum Gasteiger partial charge on any atom is -0.481 e. The number of anilines is 1. The minimum absolute atomic E-state index is 0.00539. The number of aromatic nitrogens is 2. The van der Waals surface area contributed by atoms with Gasteiger partial charge in [0, 0.05) is 12.3 Å². The van der Waals surface area contributed by atoms with Crippen LogP contribution in [-0.2, 0) is 10.0 Å². The predicted octanol–water partition coefficient (Wildman–Crippen LogP) is 1.59. The summed E-state index contributed by atoms with van der Waals surface area (Å²) in [4.78, 5) is 7.81. The Morgan fingerprint density at radius 3 is 2.58 bits per heavy atom. The van der Waals surface area contributed by atoms with Crippen LogP contribution >= 0.6 is 0 Å². The Kier molecular flexibility index (Phi) is 3.66. The lowest BCUT2D eigenvalue weighted by Crippen LogP contribution is -2.15. The Morgan fingerprint density at radius 2 is 2.00 bits per heavy atom. The second-order valence-corrected chi connectivity index (χ2v) is 5.42. The van der Waals surface area contributed by atoms with Crippen molar-refractivity contribution in [3.8, 4) is 5.88 Å². The van der Waals surface area contributed by atoms with E-state index in [1.165, 1.54) is 19.5 Å². The predicted molar refractivity (Wildman–Crippen MR) is 70.6 cm³/mol. The van der Waals surface area contributed by atoms with Gasteiger partial charge in [0.1, 0.15) is 0 Å². The molecule has 0 unspecified atom stereocenters. The van der Waals surface area contributed by atoms with Crippen molar-refractivity contribution >= 4 is 15.7 Å². The molecule has 0 amide bonds. The minimum atomic E-state index is -3.71. The molecular weight excluding hydrogens is 266 g/mol. The van der Waals surface area contributed by atoms with Gasteiger partial charge in [-0.2, -0.15) is 8.42 Å². The molecule has 0 radical (unpaired) electrons. The standard InChI is InChI=1S/C12H13N3O3S/c1-9-4-3-7-13-12(9)19(16,17)15-10-5-6-11(18-2)14-8-10/h3-8,15H,1-2H3. The molecule has 0 saturated heterocycles. The van der Waals surface area contributed by atoms with Crippen molar-refractivity contribution in [2.75, 3.05) is 11.8 Å². The van der Waals surface area contributed by atoms with Crippen LogP contribution < -0.4 is 9.46 Å². The molecule has 100 valence electrons. The summed E-state index contributed by atoms with van der Waals surface area (Å²) in [5.41, 5.74) is 0.933.